The largest absolute Gasteiger partial charge is 0.333 e. The van der Waals surface area contributed by atoms with Crippen LogP contribution in [0.4, 0.5) is 0 Å². The molecule has 25 heavy (non-hydrogen) atoms. The van der Waals surface area contributed by atoms with Gasteiger partial charge in [0, 0.05) is 0 Å². The molecular weight excluding hydrogens is 332 g/mol. The van der Waals surface area contributed by atoms with E-state index in [9.17, 15) is 4.79 Å². The molecule has 4 rings (SSSR count). The van der Waals surface area contributed by atoms with Crippen LogP contribution in [0.1, 0.15) is 29.9 Å². The molecule has 1 aliphatic carbocycles. The van der Waals surface area contributed by atoms with Crippen LogP contribution in [-0.4, -0.2) is 27.8 Å². The number of thioether (sulfide) groups is 1. The number of nitrogens with one attached hydrogen (secondary N) is 2. The molecule has 1 aromatic heterocycles. The molecular formula is C19H18N4OS. The van der Waals surface area contributed by atoms with Gasteiger partial charge in [0.15, 0.2) is 5.16 Å². The van der Waals surface area contributed by atoms with Gasteiger partial charge in [0.25, 0.3) is 5.91 Å². The smallest absolute Gasteiger partial charge is 0.250 e. The highest BCUT2D eigenvalue weighted by molar-refractivity contribution is 7.99. The van der Waals surface area contributed by atoms with Gasteiger partial charge in [0.1, 0.15) is 0 Å². The molecule has 0 spiro atoms. The van der Waals surface area contributed by atoms with E-state index in [1.165, 1.54) is 30.2 Å². The number of imidazole rings is 1. The summed E-state index contributed by atoms with van der Waals surface area (Å²) in [4.78, 5) is 19.5. The Morgan fingerprint density at radius 1 is 1.24 bits per heavy atom. The van der Waals surface area contributed by atoms with Crippen LogP contribution >= 0.6 is 11.8 Å². The monoisotopic (exact) mass is 350 g/mol. The number of benzene rings is 2. The molecule has 0 unspecified atom stereocenters. The minimum absolute atomic E-state index is 0.156. The number of H-pyrrole nitrogens is 1. The lowest BCUT2D eigenvalue weighted by Crippen LogP contribution is -2.19. The van der Waals surface area contributed by atoms with Crippen LogP contribution in [0.15, 0.2) is 58.8 Å². The minimum Gasteiger partial charge on any atom is -0.333 e. The van der Waals surface area contributed by atoms with E-state index >= 15 is 0 Å². The average Bonchev–Trinajstić information content (AvgIpc) is 3.40. The van der Waals surface area contributed by atoms with Crippen molar-refractivity contribution in [1.82, 2.24) is 15.4 Å². The van der Waals surface area contributed by atoms with Crippen LogP contribution < -0.4 is 5.43 Å². The first-order valence-electron chi connectivity index (χ1n) is 8.27. The predicted octanol–water partition coefficient (Wildman–Crippen LogP) is 3.68. The summed E-state index contributed by atoms with van der Waals surface area (Å²) < 4.78 is 0. The zero-order chi connectivity index (χ0) is 17.1. The van der Waals surface area contributed by atoms with Crippen molar-refractivity contribution >= 4 is 34.9 Å². The molecule has 1 aliphatic rings. The molecule has 1 heterocycles. The Hall–Kier alpha value is -2.60. The third-order valence-corrected chi connectivity index (χ3v) is 4.97. The number of hydrogen-bond acceptors (Lipinski definition) is 4. The highest BCUT2D eigenvalue weighted by Crippen LogP contribution is 2.39. The molecule has 0 bridgehead atoms. The van der Waals surface area contributed by atoms with Gasteiger partial charge in [0.2, 0.25) is 0 Å². The Kier molecular flexibility index (Phi) is 4.52. The molecule has 2 aromatic carbocycles. The van der Waals surface area contributed by atoms with E-state index in [4.69, 9.17) is 0 Å². The van der Waals surface area contributed by atoms with Crippen LogP contribution in [0.25, 0.3) is 11.0 Å². The Morgan fingerprint density at radius 3 is 2.80 bits per heavy atom. The van der Waals surface area contributed by atoms with Crippen LogP contribution in [0.2, 0.25) is 0 Å². The summed E-state index contributed by atoms with van der Waals surface area (Å²) in [7, 11) is 0. The maximum Gasteiger partial charge on any atom is 0.250 e. The molecule has 1 amide bonds. The molecule has 0 aliphatic heterocycles. The fourth-order valence-corrected chi connectivity index (χ4v) is 3.29. The van der Waals surface area contributed by atoms with Crippen molar-refractivity contribution in [1.29, 1.82) is 0 Å². The first kappa shape index (κ1) is 15.9. The van der Waals surface area contributed by atoms with Crippen molar-refractivity contribution in [2.45, 2.75) is 23.9 Å². The topological polar surface area (TPSA) is 70.1 Å². The molecule has 5 nitrogen and oxygen atoms in total. The minimum atomic E-state index is -0.156. The van der Waals surface area contributed by atoms with Crippen molar-refractivity contribution < 1.29 is 4.79 Å². The van der Waals surface area contributed by atoms with E-state index < -0.39 is 0 Å². The third-order valence-electron chi connectivity index (χ3n) is 4.10. The highest BCUT2D eigenvalue weighted by atomic mass is 32.2. The Morgan fingerprint density at radius 2 is 2.04 bits per heavy atom. The lowest BCUT2D eigenvalue weighted by atomic mass is 10.1. The lowest BCUT2D eigenvalue weighted by Gasteiger charge is -1.99. The van der Waals surface area contributed by atoms with Crippen LogP contribution in [-0.2, 0) is 4.79 Å². The summed E-state index contributed by atoms with van der Waals surface area (Å²) in [6.07, 6.45) is 4.26. The molecule has 1 fully saturated rings. The second kappa shape index (κ2) is 7.11. The van der Waals surface area contributed by atoms with Gasteiger partial charge in [-0.2, -0.15) is 5.10 Å². The molecule has 0 radical (unpaired) electrons. The van der Waals surface area contributed by atoms with Crippen molar-refractivity contribution in [3.63, 3.8) is 0 Å². The number of amides is 1. The van der Waals surface area contributed by atoms with Gasteiger partial charge in [-0.05, 0) is 42.0 Å². The first-order valence-corrected chi connectivity index (χ1v) is 9.26. The number of hydrazone groups is 1. The van der Waals surface area contributed by atoms with Gasteiger partial charge in [-0.3, -0.25) is 4.79 Å². The number of carbonyl (C=O) groups excluding carboxylic acids is 1. The van der Waals surface area contributed by atoms with Gasteiger partial charge in [-0.15, -0.1) is 0 Å². The summed E-state index contributed by atoms with van der Waals surface area (Å²) in [6, 6.07) is 16.1. The van der Waals surface area contributed by atoms with E-state index in [2.05, 4.69) is 32.6 Å². The van der Waals surface area contributed by atoms with Gasteiger partial charge in [-0.1, -0.05) is 48.2 Å². The predicted molar refractivity (Wildman–Crippen MR) is 101 cm³/mol. The number of aromatic amines is 1. The summed E-state index contributed by atoms with van der Waals surface area (Å²) in [6.45, 7) is 0. The van der Waals surface area contributed by atoms with E-state index in [-0.39, 0.29) is 11.7 Å². The number of hydrogen-bond donors (Lipinski definition) is 2. The summed E-state index contributed by atoms with van der Waals surface area (Å²) >= 11 is 1.36. The van der Waals surface area contributed by atoms with Gasteiger partial charge < -0.3 is 4.98 Å². The third kappa shape index (κ3) is 4.09. The van der Waals surface area contributed by atoms with Crippen molar-refractivity contribution in [3.8, 4) is 0 Å². The van der Waals surface area contributed by atoms with Crippen molar-refractivity contribution in [2.24, 2.45) is 5.10 Å². The Bertz CT molecular complexity index is 880. The molecule has 126 valence electrons. The first-order chi connectivity index (χ1) is 12.3. The van der Waals surface area contributed by atoms with Crippen molar-refractivity contribution in [2.75, 3.05) is 5.75 Å². The number of rotatable bonds is 6. The summed E-state index contributed by atoms with van der Waals surface area (Å²) in [5, 5.41) is 4.75. The molecule has 2 N–H and O–H groups in total. The highest BCUT2D eigenvalue weighted by Gasteiger charge is 2.22. The van der Waals surface area contributed by atoms with Crippen LogP contribution in [0.3, 0.4) is 0 Å². The fraction of sp³-hybridized carbons (Fsp3) is 0.211. The SMILES string of the molecule is O=C(CSc1nc2ccccc2[nH]1)N/N=C/c1ccc(C2CC2)cc1. The zero-order valence-corrected chi connectivity index (χ0v) is 14.4. The van der Waals surface area contributed by atoms with Crippen LogP contribution in [0.5, 0.6) is 0 Å². The maximum absolute atomic E-state index is 11.9. The lowest BCUT2D eigenvalue weighted by molar-refractivity contribution is -0.118. The Balaban J connectivity index is 1.26. The standard InChI is InChI=1S/C19H18N4OS/c24-18(12-25-19-21-16-3-1-2-4-17(16)22-19)23-20-11-13-5-7-14(8-6-13)15-9-10-15/h1-8,11,15H,9-10,12H2,(H,21,22)(H,23,24)/b20-11+. The van der Waals surface area contributed by atoms with Gasteiger partial charge in [0.05, 0.1) is 23.0 Å². The molecule has 3 aromatic rings. The molecule has 0 saturated heterocycles. The summed E-state index contributed by atoms with van der Waals surface area (Å²) in [5.41, 5.74) is 6.80. The zero-order valence-electron chi connectivity index (χ0n) is 13.6. The number of nitrogens with zero attached hydrogens (tertiary/aromatic N) is 2. The number of carbonyl (C=O) groups is 1. The van der Waals surface area contributed by atoms with Crippen LogP contribution in [0, 0.1) is 0 Å². The van der Waals surface area contributed by atoms with E-state index in [0.717, 1.165) is 27.7 Å². The normalized spacial score (nSPS) is 14.2. The number of aromatic nitrogens is 2. The fourth-order valence-electron chi connectivity index (χ4n) is 2.61. The number of para-hydroxylation sites is 2. The maximum atomic E-state index is 11.9. The average molecular weight is 350 g/mol. The number of fused-ring (bicyclic) bond motifs is 1. The second-order valence-electron chi connectivity index (χ2n) is 6.08. The van der Waals surface area contributed by atoms with E-state index in [1.807, 2.05) is 36.4 Å². The van der Waals surface area contributed by atoms with Gasteiger partial charge >= 0.3 is 0 Å². The second-order valence-corrected chi connectivity index (χ2v) is 7.05. The Labute approximate surface area is 149 Å². The van der Waals surface area contributed by atoms with E-state index in [1.54, 1.807) is 6.21 Å². The molecule has 6 heteroatoms. The van der Waals surface area contributed by atoms with E-state index in [0.29, 0.717) is 0 Å². The summed E-state index contributed by atoms with van der Waals surface area (Å²) in [5.74, 6) is 0.856. The quantitative estimate of drug-likeness (QED) is 0.405. The molecule has 0 atom stereocenters. The molecule has 1 saturated carbocycles. The van der Waals surface area contributed by atoms with Gasteiger partial charge in [-0.25, -0.2) is 10.4 Å². The van der Waals surface area contributed by atoms with Crippen molar-refractivity contribution in [3.05, 3.63) is 59.7 Å².